The minimum Gasteiger partial charge on any atom is -0.493 e. The Balaban J connectivity index is 1.64. The number of nitrogens with one attached hydrogen (secondary N) is 1. The topological polar surface area (TPSA) is 88.2 Å². The molecule has 2 aromatic rings. The number of hydrogen-bond acceptors (Lipinski definition) is 6. The molecule has 150 valence electrons. The summed E-state index contributed by atoms with van der Waals surface area (Å²) in [5.41, 5.74) is 0.718. The molecule has 1 N–H and O–H groups in total. The number of carbonyl (C=O) groups excluding carboxylic acids is 1. The summed E-state index contributed by atoms with van der Waals surface area (Å²) in [4.78, 5) is 29.3. The van der Waals surface area contributed by atoms with Gasteiger partial charge in [-0.1, -0.05) is 26.0 Å². The fraction of sp³-hybridized carbons (Fsp3) is 0.500. The van der Waals surface area contributed by atoms with Gasteiger partial charge in [0.05, 0.1) is 6.61 Å². The molecule has 0 bridgehead atoms. The summed E-state index contributed by atoms with van der Waals surface area (Å²) in [6.45, 7) is 6.34. The van der Waals surface area contributed by atoms with Crippen molar-refractivity contribution in [3.63, 3.8) is 0 Å². The van der Waals surface area contributed by atoms with Crippen LogP contribution in [-0.4, -0.2) is 57.2 Å². The summed E-state index contributed by atoms with van der Waals surface area (Å²) >= 11 is 1.86. The third-order valence-electron chi connectivity index (χ3n) is 4.40. The molecule has 0 spiro atoms. The van der Waals surface area contributed by atoms with Gasteiger partial charge in [-0.3, -0.25) is 9.59 Å². The number of ether oxygens (including phenoxy) is 1. The van der Waals surface area contributed by atoms with Gasteiger partial charge in [0, 0.05) is 43.0 Å². The average molecular weight is 403 g/mol. The normalized spacial score (nSPS) is 14.3. The van der Waals surface area contributed by atoms with E-state index in [0.717, 1.165) is 35.9 Å². The molecule has 3 rings (SSSR count). The molecule has 7 nitrogen and oxygen atoms in total. The second-order valence-corrected chi connectivity index (χ2v) is 8.40. The van der Waals surface area contributed by atoms with Crippen molar-refractivity contribution in [1.29, 1.82) is 0 Å². The molecule has 1 aliphatic heterocycles. The van der Waals surface area contributed by atoms with Gasteiger partial charge in [0.2, 0.25) is 5.91 Å². The Bertz CT molecular complexity index is 863. The van der Waals surface area contributed by atoms with Crippen molar-refractivity contribution in [2.24, 2.45) is 5.92 Å². The fourth-order valence-electron chi connectivity index (χ4n) is 2.85. The highest BCUT2D eigenvalue weighted by atomic mass is 32.2. The third-order valence-corrected chi connectivity index (χ3v) is 5.34. The third kappa shape index (κ3) is 5.58. The Morgan fingerprint density at radius 2 is 2.07 bits per heavy atom. The molecule has 2 heterocycles. The van der Waals surface area contributed by atoms with Gasteiger partial charge in [0.1, 0.15) is 11.4 Å². The number of hydrogen-bond donors (Lipinski definition) is 1. The quantitative estimate of drug-likeness (QED) is 0.765. The largest absolute Gasteiger partial charge is 0.493 e. The number of H-pyrrole nitrogens is 1. The van der Waals surface area contributed by atoms with E-state index in [9.17, 15) is 9.59 Å². The van der Waals surface area contributed by atoms with Crippen LogP contribution in [0, 0.1) is 5.92 Å². The van der Waals surface area contributed by atoms with Gasteiger partial charge >= 0.3 is 0 Å². The first-order valence-electron chi connectivity index (χ1n) is 9.57. The molecular formula is C20H26N4O3S. The number of aryl methyl sites for hydroxylation is 1. The van der Waals surface area contributed by atoms with E-state index >= 15 is 0 Å². The second kappa shape index (κ2) is 9.73. The van der Waals surface area contributed by atoms with E-state index in [4.69, 9.17) is 4.74 Å². The number of amides is 1. The number of carbonyl (C=O) groups is 1. The predicted octanol–water partition coefficient (Wildman–Crippen LogP) is 2.37. The first-order chi connectivity index (χ1) is 13.5. The van der Waals surface area contributed by atoms with Gasteiger partial charge in [-0.15, -0.1) is 10.2 Å². The van der Waals surface area contributed by atoms with Crippen molar-refractivity contribution in [1.82, 2.24) is 20.1 Å². The minimum absolute atomic E-state index is 0.0700. The summed E-state index contributed by atoms with van der Waals surface area (Å²) in [5.74, 6) is 3.56. The predicted molar refractivity (Wildman–Crippen MR) is 111 cm³/mol. The van der Waals surface area contributed by atoms with Crippen LogP contribution in [0.4, 0.5) is 0 Å². The number of benzene rings is 1. The van der Waals surface area contributed by atoms with Gasteiger partial charge in [0.25, 0.3) is 5.56 Å². The molecule has 0 saturated carbocycles. The number of aromatic amines is 1. The summed E-state index contributed by atoms with van der Waals surface area (Å²) in [5, 5.41) is 8.21. The van der Waals surface area contributed by atoms with Crippen LogP contribution < -0.4 is 10.3 Å². The first-order valence-corrected chi connectivity index (χ1v) is 10.7. The molecule has 1 amide bonds. The van der Waals surface area contributed by atoms with Gasteiger partial charge in [-0.05, 0) is 18.1 Å². The highest BCUT2D eigenvalue weighted by molar-refractivity contribution is 7.99. The van der Waals surface area contributed by atoms with Crippen molar-refractivity contribution in [2.45, 2.75) is 26.7 Å². The lowest BCUT2D eigenvalue weighted by molar-refractivity contribution is -0.130. The zero-order chi connectivity index (χ0) is 19.9. The van der Waals surface area contributed by atoms with Crippen LogP contribution in [0.1, 0.15) is 26.0 Å². The van der Waals surface area contributed by atoms with Crippen LogP contribution in [0.2, 0.25) is 0 Å². The van der Waals surface area contributed by atoms with Gasteiger partial charge in [-0.2, -0.15) is 11.8 Å². The maximum atomic E-state index is 12.4. The zero-order valence-electron chi connectivity index (χ0n) is 16.3. The lowest BCUT2D eigenvalue weighted by Gasteiger charge is -2.26. The van der Waals surface area contributed by atoms with E-state index in [0.29, 0.717) is 24.8 Å². The second-order valence-electron chi connectivity index (χ2n) is 7.18. The highest BCUT2D eigenvalue weighted by Gasteiger charge is 2.17. The lowest BCUT2D eigenvalue weighted by Crippen LogP contribution is -2.38. The Morgan fingerprint density at radius 3 is 2.79 bits per heavy atom. The highest BCUT2D eigenvalue weighted by Crippen LogP contribution is 2.20. The standard InChI is InChI=1S/C20H26N4O3S/c1-14(2)13-27-16-5-3-4-15(12-16)19-21-20(26)17(22-23-19)6-7-18(25)24-8-10-28-11-9-24/h3-5,12,14H,6-11,13H2,1-2H3,(H,21,23,26). The molecule has 28 heavy (non-hydrogen) atoms. The van der Waals surface area contributed by atoms with E-state index in [1.54, 1.807) is 0 Å². The Morgan fingerprint density at radius 1 is 1.29 bits per heavy atom. The molecule has 0 unspecified atom stereocenters. The average Bonchev–Trinajstić information content (AvgIpc) is 2.72. The maximum Gasteiger partial charge on any atom is 0.273 e. The molecular weight excluding hydrogens is 376 g/mol. The molecule has 1 aromatic carbocycles. The molecule has 1 saturated heterocycles. The lowest BCUT2D eigenvalue weighted by atomic mass is 10.2. The smallest absolute Gasteiger partial charge is 0.273 e. The van der Waals surface area contributed by atoms with E-state index in [2.05, 4.69) is 29.0 Å². The van der Waals surface area contributed by atoms with Crippen LogP contribution in [0.15, 0.2) is 29.1 Å². The summed E-state index contributed by atoms with van der Waals surface area (Å²) in [6.07, 6.45) is 0.572. The number of nitrogens with zero attached hydrogens (tertiary/aromatic N) is 3. The van der Waals surface area contributed by atoms with Crippen LogP contribution in [-0.2, 0) is 11.2 Å². The maximum absolute atomic E-state index is 12.4. The molecule has 1 fully saturated rings. The number of rotatable bonds is 7. The SMILES string of the molecule is CC(C)COc1cccc(-c2nnc(CCC(=O)N3CCSCC3)c(=O)[nH]2)c1. The van der Waals surface area contributed by atoms with Gasteiger partial charge in [-0.25, -0.2) is 0 Å². The Kier molecular flexibility index (Phi) is 7.08. The monoisotopic (exact) mass is 402 g/mol. The van der Waals surface area contributed by atoms with Crippen molar-refractivity contribution >= 4 is 17.7 Å². The summed E-state index contributed by atoms with van der Waals surface area (Å²) in [7, 11) is 0. The molecule has 1 aliphatic rings. The first kappa shape index (κ1) is 20.4. The molecule has 0 aliphatic carbocycles. The van der Waals surface area contributed by atoms with Crippen molar-refractivity contribution in [3.8, 4) is 17.1 Å². The number of aromatic nitrogens is 3. The Hall–Kier alpha value is -2.35. The van der Waals surface area contributed by atoms with Crippen molar-refractivity contribution in [2.75, 3.05) is 31.2 Å². The summed E-state index contributed by atoms with van der Waals surface area (Å²) in [6, 6.07) is 7.41. The van der Waals surface area contributed by atoms with E-state index in [1.807, 2.05) is 40.9 Å². The number of thioether (sulfide) groups is 1. The van der Waals surface area contributed by atoms with Crippen LogP contribution >= 0.6 is 11.8 Å². The van der Waals surface area contributed by atoms with Crippen molar-refractivity contribution < 1.29 is 9.53 Å². The molecule has 1 aromatic heterocycles. The van der Waals surface area contributed by atoms with Gasteiger partial charge in [0.15, 0.2) is 5.82 Å². The molecule has 0 radical (unpaired) electrons. The van der Waals surface area contributed by atoms with Crippen LogP contribution in [0.5, 0.6) is 5.75 Å². The zero-order valence-corrected chi connectivity index (χ0v) is 17.1. The van der Waals surface area contributed by atoms with E-state index in [-0.39, 0.29) is 23.6 Å². The minimum atomic E-state index is -0.305. The van der Waals surface area contributed by atoms with E-state index < -0.39 is 0 Å². The van der Waals surface area contributed by atoms with Crippen LogP contribution in [0.3, 0.4) is 0 Å². The van der Waals surface area contributed by atoms with E-state index in [1.165, 1.54) is 0 Å². The Labute approximate surface area is 168 Å². The molecule has 0 atom stereocenters. The van der Waals surface area contributed by atoms with Crippen molar-refractivity contribution in [3.05, 3.63) is 40.3 Å². The fourth-order valence-corrected chi connectivity index (χ4v) is 3.75. The summed E-state index contributed by atoms with van der Waals surface area (Å²) < 4.78 is 5.72. The van der Waals surface area contributed by atoms with Crippen LogP contribution in [0.25, 0.3) is 11.4 Å². The van der Waals surface area contributed by atoms with Gasteiger partial charge < -0.3 is 14.6 Å². The molecule has 8 heteroatoms.